The zero-order valence-electron chi connectivity index (χ0n) is 20.1. The van der Waals surface area contributed by atoms with Gasteiger partial charge in [-0.15, -0.1) is 17.8 Å². The molecule has 0 atom stereocenters. The van der Waals surface area contributed by atoms with Crippen LogP contribution >= 0.6 is 11.8 Å². The van der Waals surface area contributed by atoms with Crippen molar-refractivity contribution >= 4 is 45.5 Å². The number of pyridine rings is 1. The molecule has 0 spiro atoms. The van der Waals surface area contributed by atoms with Gasteiger partial charge in [0.15, 0.2) is 0 Å². The monoisotopic (exact) mass is 532 g/mol. The van der Waals surface area contributed by atoms with Crippen LogP contribution in [-0.2, 0) is 31.2 Å². The number of carbonyl (C=O) groups excluding carboxylic acids is 1. The van der Waals surface area contributed by atoms with Gasteiger partial charge in [0.25, 0.3) is 0 Å². The van der Waals surface area contributed by atoms with E-state index in [2.05, 4.69) is 103 Å². The molecule has 36 heavy (non-hydrogen) atoms. The first kappa shape index (κ1) is 28.6. The van der Waals surface area contributed by atoms with Gasteiger partial charge in [-0.05, 0) is 80.1 Å². The van der Waals surface area contributed by atoms with Gasteiger partial charge in [-0.2, -0.15) is 0 Å². The van der Waals surface area contributed by atoms with E-state index in [1.54, 1.807) is 30.4 Å². The molecule has 1 N–H and O–H groups in total. The maximum absolute atomic E-state index is 10.5. The molecule has 4 aromatic carbocycles. The molecule has 5 aromatic rings. The Balaban J connectivity index is 0.00000109. The predicted molar refractivity (Wildman–Crippen MR) is 140 cm³/mol. The normalized spacial score (nSPS) is 9.58. The zero-order valence-corrected chi connectivity index (χ0v) is 21.0. The van der Waals surface area contributed by atoms with Crippen LogP contribution in [0.3, 0.4) is 0 Å². The molecule has 0 aliphatic heterocycles. The van der Waals surface area contributed by atoms with E-state index in [1.165, 1.54) is 37.6 Å². The van der Waals surface area contributed by atoms with Crippen molar-refractivity contribution in [3.8, 4) is 22.3 Å². The Labute approximate surface area is 225 Å². The van der Waals surface area contributed by atoms with Crippen LogP contribution in [0.25, 0.3) is 43.8 Å². The fourth-order valence-electron chi connectivity index (χ4n) is 4.03. The summed E-state index contributed by atoms with van der Waals surface area (Å²) < 4.78 is 15.0. The Bertz CT molecular complexity index is 1520. The molecule has 1 aromatic heterocycles. The maximum atomic E-state index is 10.5. The SMILES string of the molecule is CSc1cccc(-c2cccc3cc4cccc(-c5ccc(N[C-]=O)nc5)c4cc23)c1.[C-]#[O+].[C-]#[O+].[Fe+2].[H-]. The number of rotatable bonds is 5. The fourth-order valence-corrected chi connectivity index (χ4v) is 4.48. The number of nitrogens with one attached hydrogen (secondary N) is 1. The molecule has 5 rings (SSSR count). The van der Waals surface area contributed by atoms with Gasteiger partial charge >= 0.3 is 39.7 Å². The molecule has 5 nitrogen and oxygen atoms in total. The van der Waals surface area contributed by atoms with E-state index < -0.39 is 0 Å². The summed E-state index contributed by atoms with van der Waals surface area (Å²) in [5.74, 6) is 0.486. The Kier molecular flexibility index (Phi) is 11.2. The topological polar surface area (TPSA) is 81.8 Å². The Hall–Kier alpha value is -3.63. The number of aromatic nitrogens is 1. The summed E-state index contributed by atoms with van der Waals surface area (Å²) in [6, 6.07) is 29.8. The minimum Gasteiger partial charge on any atom is -1.00 e. The molecule has 0 radical (unpaired) electrons. The third kappa shape index (κ3) is 6.13. The summed E-state index contributed by atoms with van der Waals surface area (Å²) in [4.78, 5) is 16.1. The molecule has 0 aliphatic carbocycles. The van der Waals surface area contributed by atoms with Crippen molar-refractivity contribution in [1.82, 2.24) is 4.98 Å². The predicted octanol–water partition coefficient (Wildman–Crippen LogP) is 6.96. The molecule has 1 heterocycles. The largest absolute Gasteiger partial charge is 2.00 e. The first-order valence-corrected chi connectivity index (χ1v) is 11.6. The fraction of sp³-hybridized carbons (Fsp3) is 0.0345. The Morgan fingerprint density at radius 2 is 1.42 bits per heavy atom. The molecule has 7 heteroatoms. The second-order valence-corrected chi connectivity index (χ2v) is 8.18. The van der Waals surface area contributed by atoms with E-state index in [0.717, 1.165) is 11.1 Å². The number of fused-ring (bicyclic) bond motifs is 2. The summed E-state index contributed by atoms with van der Waals surface area (Å²) in [6.07, 6.45) is 5.54. The van der Waals surface area contributed by atoms with Crippen LogP contribution < -0.4 is 5.32 Å². The summed E-state index contributed by atoms with van der Waals surface area (Å²) in [5, 5.41) is 7.26. The van der Waals surface area contributed by atoms with Crippen LogP contribution in [0.1, 0.15) is 1.43 Å². The van der Waals surface area contributed by atoms with Gasteiger partial charge < -0.3 is 16.5 Å². The first-order valence-electron chi connectivity index (χ1n) is 10.4. The van der Waals surface area contributed by atoms with Crippen LogP contribution in [-0.4, -0.2) is 17.6 Å². The molecule has 0 aliphatic rings. The van der Waals surface area contributed by atoms with Gasteiger partial charge in [0.2, 0.25) is 0 Å². The average molecular weight is 532 g/mol. The van der Waals surface area contributed by atoms with Crippen molar-refractivity contribution in [2.24, 2.45) is 0 Å². The molecular weight excluding hydrogens is 512 g/mol. The van der Waals surface area contributed by atoms with Crippen LogP contribution in [0.2, 0.25) is 0 Å². The summed E-state index contributed by atoms with van der Waals surface area (Å²) in [5.41, 5.74) is 4.56. The van der Waals surface area contributed by atoms with E-state index in [4.69, 9.17) is 9.30 Å². The van der Waals surface area contributed by atoms with Crippen molar-refractivity contribution in [1.29, 1.82) is 0 Å². The second-order valence-electron chi connectivity index (χ2n) is 7.30. The van der Waals surface area contributed by atoms with Gasteiger partial charge in [-0.25, -0.2) is 0 Å². The van der Waals surface area contributed by atoms with Gasteiger partial charge in [-0.3, -0.25) is 0 Å². The van der Waals surface area contributed by atoms with Crippen molar-refractivity contribution < 1.29 is 32.6 Å². The zero-order chi connectivity index (χ0) is 25.2. The van der Waals surface area contributed by atoms with Gasteiger partial charge in [0, 0.05) is 11.1 Å². The number of hydrogen-bond donors (Lipinski definition) is 1. The third-order valence-corrected chi connectivity index (χ3v) is 6.24. The Morgan fingerprint density at radius 1 is 0.806 bits per heavy atom. The molecule has 0 fully saturated rings. The van der Waals surface area contributed by atoms with E-state index >= 15 is 0 Å². The molecule has 1 amide bonds. The number of hydrogen-bond acceptors (Lipinski definition) is 3. The van der Waals surface area contributed by atoms with Crippen LogP contribution in [0.15, 0.2) is 96.0 Å². The van der Waals surface area contributed by atoms with E-state index in [-0.39, 0.29) is 18.5 Å². The third-order valence-electron chi connectivity index (χ3n) is 5.51. The summed E-state index contributed by atoms with van der Waals surface area (Å²) in [6.45, 7) is 9.00. The standard InChI is InChI=1S/C27H19N2OS.2CO.Fe.H/c1-31-22-8-2-5-20(14-22)23-9-3-6-18-13-19-7-4-10-24(26(19)15-25(18)23)21-11-12-27(28-16-21)29-17-30;2*1-2;;/h2-16H,1H3,(H,28,29,30);;;;/q-1;;;+2;-1. The van der Waals surface area contributed by atoms with Gasteiger partial charge in [0.1, 0.15) is 0 Å². The Morgan fingerprint density at radius 3 is 1.97 bits per heavy atom. The first-order chi connectivity index (χ1) is 17.3. The molecule has 0 saturated carbocycles. The van der Waals surface area contributed by atoms with Crippen LogP contribution in [0, 0.1) is 13.3 Å². The van der Waals surface area contributed by atoms with Crippen molar-refractivity contribution in [2.45, 2.75) is 4.90 Å². The second kappa shape index (κ2) is 14.1. The number of amides is 1. The van der Waals surface area contributed by atoms with Crippen LogP contribution in [0.4, 0.5) is 5.82 Å². The summed E-state index contributed by atoms with van der Waals surface area (Å²) >= 11 is 1.75. The number of thioether (sulfide) groups is 1. The molecular formula is C29H20FeN2O3S. The number of benzene rings is 4. The summed E-state index contributed by atoms with van der Waals surface area (Å²) in [7, 11) is 0. The smallest absolute Gasteiger partial charge is 1.00 e. The number of anilines is 1. The van der Waals surface area contributed by atoms with Gasteiger partial charge in [0.05, 0.1) is 6.41 Å². The van der Waals surface area contributed by atoms with E-state index in [0.29, 0.717) is 5.82 Å². The minimum absolute atomic E-state index is 0. The molecule has 178 valence electrons. The quantitative estimate of drug-likeness (QED) is 0.0664. The van der Waals surface area contributed by atoms with Crippen LogP contribution in [0.5, 0.6) is 0 Å². The van der Waals surface area contributed by atoms with Crippen molar-refractivity contribution in [2.75, 3.05) is 11.6 Å². The minimum atomic E-state index is 0. The number of nitrogens with zero attached hydrogens (tertiary/aromatic N) is 1. The molecule has 0 bridgehead atoms. The molecule has 0 unspecified atom stereocenters. The van der Waals surface area contributed by atoms with Crippen molar-refractivity contribution in [3.05, 3.63) is 104 Å². The maximum Gasteiger partial charge on any atom is 2.00 e. The average Bonchev–Trinajstić information content (AvgIpc) is 2.94. The van der Waals surface area contributed by atoms with E-state index in [9.17, 15) is 4.79 Å². The van der Waals surface area contributed by atoms with E-state index in [1.807, 2.05) is 6.07 Å². The molecule has 0 saturated heterocycles. The van der Waals surface area contributed by atoms with Crippen molar-refractivity contribution in [3.63, 3.8) is 0 Å². The van der Waals surface area contributed by atoms with Gasteiger partial charge in [-0.1, -0.05) is 54.6 Å².